The Kier molecular flexibility index (Phi) is 4.69. The average molecular weight is 288 g/mol. The Balaban J connectivity index is 1.76. The molecule has 1 aromatic carbocycles. The van der Waals surface area contributed by atoms with E-state index in [0.29, 0.717) is 11.3 Å². The van der Waals surface area contributed by atoms with Crippen molar-refractivity contribution in [3.63, 3.8) is 0 Å². The molecule has 20 heavy (non-hydrogen) atoms. The normalized spacial score (nSPS) is 23.9. The fourth-order valence-electron chi connectivity index (χ4n) is 3.18. The number of H-pyrrole nitrogens is 1. The molecular weight excluding hydrogens is 264 g/mol. The van der Waals surface area contributed by atoms with E-state index in [1.807, 2.05) is 11.8 Å². The molecule has 1 aromatic heterocycles. The van der Waals surface area contributed by atoms with Gasteiger partial charge in [-0.1, -0.05) is 44.4 Å². The molecule has 2 atom stereocenters. The van der Waals surface area contributed by atoms with Crippen molar-refractivity contribution in [3.05, 3.63) is 30.3 Å². The fourth-order valence-corrected chi connectivity index (χ4v) is 4.55. The first kappa shape index (κ1) is 14.0. The van der Waals surface area contributed by atoms with Crippen molar-refractivity contribution in [1.82, 2.24) is 10.3 Å². The molecule has 2 unspecified atom stereocenters. The highest BCUT2D eigenvalue weighted by molar-refractivity contribution is 7.99. The van der Waals surface area contributed by atoms with Crippen LogP contribution in [-0.2, 0) is 0 Å². The average Bonchev–Trinajstić information content (AvgIpc) is 2.74. The lowest BCUT2D eigenvalue weighted by molar-refractivity contribution is 0.482. The van der Waals surface area contributed by atoms with Gasteiger partial charge in [0.2, 0.25) is 0 Å². The lowest BCUT2D eigenvalue weighted by Gasteiger charge is -2.24. The second-order valence-corrected chi connectivity index (χ2v) is 6.96. The second kappa shape index (κ2) is 6.68. The van der Waals surface area contributed by atoms with Crippen LogP contribution in [0.25, 0.3) is 10.9 Å². The number of rotatable bonds is 4. The maximum atomic E-state index is 3.69. The van der Waals surface area contributed by atoms with Crippen LogP contribution >= 0.6 is 11.8 Å². The van der Waals surface area contributed by atoms with Crippen LogP contribution in [0.3, 0.4) is 0 Å². The van der Waals surface area contributed by atoms with E-state index in [1.165, 1.54) is 48.0 Å². The third-order valence-corrected chi connectivity index (χ3v) is 5.54. The Morgan fingerprint density at radius 3 is 2.90 bits per heavy atom. The molecule has 0 spiro atoms. The molecule has 2 N–H and O–H groups in total. The van der Waals surface area contributed by atoms with Gasteiger partial charge >= 0.3 is 0 Å². The minimum absolute atomic E-state index is 0.666. The third kappa shape index (κ3) is 3.21. The molecule has 1 saturated carbocycles. The van der Waals surface area contributed by atoms with Crippen LogP contribution in [0.5, 0.6) is 0 Å². The summed E-state index contributed by atoms with van der Waals surface area (Å²) in [6.07, 6.45) is 6.80. The molecule has 2 aromatic rings. The number of aromatic nitrogens is 1. The SMILES string of the molecule is CCNC1CCCCCC1Sc1cc2ccccc2[nH]1. The van der Waals surface area contributed by atoms with E-state index in [0.717, 1.165) is 6.54 Å². The molecule has 3 rings (SSSR count). The van der Waals surface area contributed by atoms with Gasteiger partial charge in [0.1, 0.15) is 0 Å². The molecule has 1 heterocycles. The number of para-hydroxylation sites is 1. The van der Waals surface area contributed by atoms with Gasteiger partial charge in [0.25, 0.3) is 0 Å². The zero-order valence-electron chi connectivity index (χ0n) is 12.2. The summed E-state index contributed by atoms with van der Waals surface area (Å²) >= 11 is 2.03. The molecule has 1 aliphatic carbocycles. The number of thioether (sulfide) groups is 1. The summed E-state index contributed by atoms with van der Waals surface area (Å²) in [7, 11) is 0. The van der Waals surface area contributed by atoms with E-state index in [2.05, 4.69) is 47.6 Å². The van der Waals surface area contributed by atoms with Gasteiger partial charge in [-0.15, -0.1) is 11.8 Å². The van der Waals surface area contributed by atoms with Crippen LogP contribution in [0.1, 0.15) is 39.0 Å². The van der Waals surface area contributed by atoms with Crippen molar-refractivity contribution < 1.29 is 0 Å². The minimum Gasteiger partial charge on any atom is -0.350 e. The molecule has 2 nitrogen and oxygen atoms in total. The van der Waals surface area contributed by atoms with Crippen molar-refractivity contribution in [2.75, 3.05) is 6.54 Å². The Hall–Kier alpha value is -0.930. The van der Waals surface area contributed by atoms with Crippen LogP contribution in [0, 0.1) is 0 Å². The molecule has 0 aliphatic heterocycles. The molecule has 108 valence electrons. The molecule has 1 aliphatic rings. The van der Waals surface area contributed by atoms with Crippen LogP contribution in [-0.4, -0.2) is 22.8 Å². The standard InChI is InChI=1S/C17H24N2S/c1-2-18-15-10-4-3-5-11-16(15)20-17-12-13-8-6-7-9-14(13)19-17/h6-9,12,15-16,18-19H,2-5,10-11H2,1H3. The minimum atomic E-state index is 0.666. The summed E-state index contributed by atoms with van der Waals surface area (Å²) < 4.78 is 0. The Morgan fingerprint density at radius 2 is 2.05 bits per heavy atom. The second-order valence-electron chi connectivity index (χ2n) is 5.68. The first-order valence-electron chi connectivity index (χ1n) is 7.84. The number of hydrogen-bond acceptors (Lipinski definition) is 2. The van der Waals surface area contributed by atoms with Crippen LogP contribution < -0.4 is 5.32 Å². The van der Waals surface area contributed by atoms with Crippen molar-refractivity contribution >= 4 is 22.7 Å². The summed E-state index contributed by atoms with van der Waals surface area (Å²) in [6.45, 7) is 3.30. The first-order valence-corrected chi connectivity index (χ1v) is 8.72. The van der Waals surface area contributed by atoms with E-state index in [9.17, 15) is 0 Å². The largest absolute Gasteiger partial charge is 0.350 e. The van der Waals surface area contributed by atoms with Crippen molar-refractivity contribution in [3.8, 4) is 0 Å². The first-order chi connectivity index (χ1) is 9.86. The van der Waals surface area contributed by atoms with Gasteiger partial charge in [0, 0.05) is 22.2 Å². The highest BCUT2D eigenvalue weighted by atomic mass is 32.2. The lowest BCUT2D eigenvalue weighted by Crippen LogP contribution is -2.37. The number of hydrogen-bond donors (Lipinski definition) is 2. The number of aromatic amines is 1. The molecular formula is C17H24N2S. The van der Waals surface area contributed by atoms with E-state index >= 15 is 0 Å². The Labute approximate surface area is 125 Å². The van der Waals surface area contributed by atoms with E-state index < -0.39 is 0 Å². The van der Waals surface area contributed by atoms with Gasteiger partial charge in [-0.3, -0.25) is 0 Å². The fraction of sp³-hybridized carbons (Fsp3) is 0.529. The van der Waals surface area contributed by atoms with Crippen molar-refractivity contribution in [2.24, 2.45) is 0 Å². The highest BCUT2D eigenvalue weighted by Gasteiger charge is 2.24. The van der Waals surface area contributed by atoms with E-state index in [1.54, 1.807) is 0 Å². The lowest BCUT2D eigenvalue weighted by atomic mass is 10.1. The van der Waals surface area contributed by atoms with E-state index in [4.69, 9.17) is 0 Å². The smallest absolute Gasteiger partial charge is 0.0735 e. The van der Waals surface area contributed by atoms with Gasteiger partial charge in [0.05, 0.1) is 5.03 Å². The van der Waals surface area contributed by atoms with Crippen molar-refractivity contribution in [1.29, 1.82) is 0 Å². The zero-order valence-corrected chi connectivity index (χ0v) is 13.0. The summed E-state index contributed by atoms with van der Waals surface area (Å²) in [4.78, 5) is 3.56. The summed E-state index contributed by atoms with van der Waals surface area (Å²) in [5, 5.41) is 7.04. The number of benzene rings is 1. The molecule has 0 bridgehead atoms. The predicted molar refractivity (Wildman–Crippen MR) is 88.5 cm³/mol. The van der Waals surface area contributed by atoms with Gasteiger partial charge in [-0.2, -0.15) is 0 Å². The highest BCUT2D eigenvalue weighted by Crippen LogP contribution is 2.34. The van der Waals surface area contributed by atoms with Gasteiger partial charge in [-0.25, -0.2) is 0 Å². The van der Waals surface area contributed by atoms with Gasteiger partial charge in [0.15, 0.2) is 0 Å². The third-order valence-electron chi connectivity index (χ3n) is 4.20. The molecule has 0 saturated heterocycles. The topological polar surface area (TPSA) is 27.8 Å². The number of nitrogens with one attached hydrogen (secondary N) is 2. The monoisotopic (exact) mass is 288 g/mol. The quantitative estimate of drug-likeness (QED) is 0.807. The molecule has 3 heteroatoms. The summed E-state index contributed by atoms with van der Waals surface area (Å²) in [5.74, 6) is 0. The number of fused-ring (bicyclic) bond motifs is 1. The molecule has 0 amide bonds. The Morgan fingerprint density at radius 1 is 1.20 bits per heavy atom. The molecule has 1 fully saturated rings. The summed E-state index contributed by atoms with van der Waals surface area (Å²) in [6, 6.07) is 11.5. The zero-order chi connectivity index (χ0) is 13.8. The molecule has 0 radical (unpaired) electrons. The van der Waals surface area contributed by atoms with E-state index in [-0.39, 0.29) is 0 Å². The van der Waals surface area contributed by atoms with Crippen LogP contribution in [0.15, 0.2) is 35.4 Å². The van der Waals surface area contributed by atoms with Crippen LogP contribution in [0.4, 0.5) is 0 Å². The van der Waals surface area contributed by atoms with Crippen molar-refractivity contribution in [2.45, 2.75) is 55.3 Å². The maximum absolute atomic E-state index is 3.69. The maximum Gasteiger partial charge on any atom is 0.0735 e. The van der Waals surface area contributed by atoms with Crippen LogP contribution in [0.2, 0.25) is 0 Å². The van der Waals surface area contributed by atoms with Gasteiger partial charge < -0.3 is 10.3 Å². The summed E-state index contributed by atoms with van der Waals surface area (Å²) in [5.41, 5.74) is 1.25. The Bertz CT molecular complexity index is 516. The predicted octanol–water partition coefficient (Wildman–Crippen LogP) is 4.57. The van der Waals surface area contributed by atoms with Gasteiger partial charge in [-0.05, 0) is 31.5 Å².